The highest BCUT2D eigenvalue weighted by atomic mass is 16.3. The Hall–Kier alpha value is -10.7. The van der Waals surface area contributed by atoms with Gasteiger partial charge in [-0.15, -0.1) is 0 Å². The number of H-pyrrole nitrogens is 2. The quantitative estimate of drug-likeness (QED) is 0.0988. The average molecular weight is 1170 g/mol. The normalized spacial score (nSPS) is 14.1. The fourth-order valence-electron chi connectivity index (χ4n) is 15.2. The molecular weight excluding hydrogens is 1100 g/mol. The van der Waals surface area contributed by atoms with Gasteiger partial charge >= 0.3 is 0 Å². The molecule has 10 aromatic carbocycles. The largest absolute Gasteiger partial charge is 0.507 e. The summed E-state index contributed by atoms with van der Waals surface area (Å²) >= 11 is 0. The summed E-state index contributed by atoms with van der Waals surface area (Å²) in [6, 6.07) is 61.4. The second-order valence-electron chi connectivity index (χ2n) is 24.2. The molecule has 8 heteroatoms. The molecule has 15 rings (SSSR count). The number of aliphatic imine (C=N–C) groups is 2. The summed E-state index contributed by atoms with van der Waals surface area (Å²) in [5.74, 6) is 0.0928. The van der Waals surface area contributed by atoms with E-state index in [1.165, 1.54) is 0 Å². The summed E-state index contributed by atoms with van der Waals surface area (Å²) in [6.07, 6.45) is 2.59. The number of phenolic OH excluding ortho intramolecular Hbond substituents is 4. The number of nitrogens with zero attached hydrogens (tertiary/aromatic N) is 2. The molecule has 0 radical (unpaired) electrons. The Labute approximate surface area is 523 Å². The minimum absolute atomic E-state index is 0.0145. The van der Waals surface area contributed by atoms with E-state index >= 15 is 0 Å². The molecule has 5 heterocycles. The first-order chi connectivity index (χ1) is 43.8. The lowest BCUT2D eigenvalue weighted by molar-refractivity contribution is 0.470. The number of aromatic nitrogens is 2. The fourth-order valence-corrected chi connectivity index (χ4v) is 15.2. The van der Waals surface area contributed by atoms with Gasteiger partial charge in [0.2, 0.25) is 0 Å². The van der Waals surface area contributed by atoms with Crippen LogP contribution >= 0.6 is 0 Å². The number of hydrogen-bond acceptors (Lipinski definition) is 6. The second kappa shape index (κ2) is 21.6. The molecule has 0 saturated carbocycles. The van der Waals surface area contributed by atoms with Crippen LogP contribution in [0.4, 0.5) is 0 Å². The number of phenols is 4. The zero-order valence-electron chi connectivity index (χ0n) is 51.8. The van der Waals surface area contributed by atoms with Crippen molar-refractivity contribution in [3.05, 3.63) is 272 Å². The lowest BCUT2D eigenvalue weighted by Crippen LogP contribution is -2.03. The van der Waals surface area contributed by atoms with Crippen molar-refractivity contribution in [1.29, 1.82) is 0 Å². The van der Waals surface area contributed by atoms with Crippen LogP contribution in [0.2, 0.25) is 0 Å². The lowest BCUT2D eigenvalue weighted by atomic mass is 9.86. The molecule has 12 aromatic rings. The van der Waals surface area contributed by atoms with E-state index in [2.05, 4.69) is 150 Å². The Balaban J connectivity index is 1.13. The highest BCUT2D eigenvalue weighted by Crippen LogP contribution is 2.55. The van der Waals surface area contributed by atoms with Gasteiger partial charge in [0, 0.05) is 55.7 Å². The summed E-state index contributed by atoms with van der Waals surface area (Å²) in [4.78, 5) is 19.5. The zero-order valence-corrected chi connectivity index (χ0v) is 51.8. The standard InChI is InChI=1S/C82H68N4O4/c1-9-53-43(5)71-61-39-49-31-19-23-35-57(49)67(79(61)87)68-58-36-24-20-33-51(58)41-63(81(68)89)73-45(7)55(11-3)77(85-73)66(48-29-17-14-18-30-48)78-56(12-4)46(8)74(86-78)64-42-52-34-22-26-38-60(52)70(82(64)90)69-59-37-25-21-32-50(59)40-62(80(69)88)72-44(6)54(10-2)76(84-72)65(75(53)83-71)47-27-15-13-16-28-47/h13-42,83,86-90H,9-12H2,1-8H3. The van der Waals surface area contributed by atoms with E-state index in [0.29, 0.717) is 81.6 Å². The van der Waals surface area contributed by atoms with Crippen molar-refractivity contribution in [2.75, 3.05) is 0 Å². The minimum Gasteiger partial charge on any atom is -0.507 e. The molecule has 0 atom stereocenters. The maximum Gasteiger partial charge on any atom is 0.133 e. The van der Waals surface area contributed by atoms with Crippen molar-refractivity contribution in [2.24, 2.45) is 9.98 Å². The smallest absolute Gasteiger partial charge is 0.133 e. The summed E-state index contributed by atoms with van der Waals surface area (Å²) in [6.45, 7) is 17.1. The third-order valence-electron chi connectivity index (χ3n) is 19.5. The van der Waals surface area contributed by atoms with E-state index in [-0.39, 0.29) is 23.0 Å². The van der Waals surface area contributed by atoms with Crippen LogP contribution in [-0.4, -0.2) is 41.8 Å². The van der Waals surface area contributed by atoms with E-state index in [0.717, 1.165) is 144 Å². The van der Waals surface area contributed by atoms with Crippen LogP contribution in [0.1, 0.15) is 110 Å². The molecular formula is C82H68N4O4. The first-order valence-corrected chi connectivity index (χ1v) is 31.5. The molecule has 3 aliphatic rings. The summed E-state index contributed by atoms with van der Waals surface area (Å²) in [5.41, 5.74) is 22.1. The highest BCUT2D eigenvalue weighted by Gasteiger charge is 2.35. The van der Waals surface area contributed by atoms with Crippen LogP contribution in [-0.2, 0) is 12.8 Å². The minimum atomic E-state index is 0.0145. The SMILES string of the molecule is CCC1=C(C)C2=NC1=C(c1ccccc1)c1[nH]c(c(C)c1CC)-c1cc3ccccc3c(c1O)-c1c(O)c(cc3ccccc13)C1=NC(=C(c3ccccc3)c3[nH]c(c(C)c3CC)-c3cc4ccccc4c(c3O)-c3c(O)c2cc2ccccc32)C(CC)=C1C. The monoisotopic (exact) mass is 1170 g/mol. The van der Waals surface area contributed by atoms with Crippen LogP contribution in [0.25, 0.3) is 99.0 Å². The van der Waals surface area contributed by atoms with Gasteiger partial charge in [-0.25, -0.2) is 9.98 Å². The number of rotatable bonds is 6. The van der Waals surface area contributed by atoms with Gasteiger partial charge in [-0.1, -0.05) is 185 Å². The number of fused-ring (bicyclic) bond motifs is 28. The Morgan fingerprint density at radius 2 is 0.622 bits per heavy atom. The molecule has 16 bridgehead atoms. The third-order valence-corrected chi connectivity index (χ3v) is 19.5. The van der Waals surface area contributed by atoms with Crippen LogP contribution < -0.4 is 0 Å². The maximum absolute atomic E-state index is 13.6. The number of hydrogen-bond donors (Lipinski definition) is 6. The molecule has 2 aromatic heterocycles. The Bertz CT molecular complexity index is 4960. The molecule has 0 unspecified atom stereocenters. The Morgan fingerprint density at radius 1 is 0.333 bits per heavy atom. The number of nitrogens with one attached hydrogen (secondary N) is 2. The zero-order chi connectivity index (χ0) is 62.0. The first kappa shape index (κ1) is 55.9. The predicted molar refractivity (Wildman–Crippen MR) is 372 cm³/mol. The summed E-state index contributed by atoms with van der Waals surface area (Å²) in [5, 5.41) is 60.9. The summed E-state index contributed by atoms with van der Waals surface area (Å²) in [7, 11) is 0. The fraction of sp³-hybridized carbons (Fsp3) is 0.146. The van der Waals surface area contributed by atoms with E-state index in [4.69, 9.17) is 9.98 Å². The van der Waals surface area contributed by atoms with Crippen LogP contribution in [0.5, 0.6) is 23.0 Å². The van der Waals surface area contributed by atoms with Crippen LogP contribution in [0.3, 0.4) is 0 Å². The van der Waals surface area contributed by atoms with E-state index in [1.807, 2.05) is 97.1 Å². The van der Waals surface area contributed by atoms with E-state index in [1.54, 1.807) is 0 Å². The molecule has 8 nitrogen and oxygen atoms in total. The average Bonchev–Trinajstić information content (AvgIpc) is 1.34. The van der Waals surface area contributed by atoms with Crippen molar-refractivity contribution in [3.8, 4) is 67.8 Å². The lowest BCUT2D eigenvalue weighted by Gasteiger charge is -2.19. The molecule has 90 heavy (non-hydrogen) atoms. The molecule has 0 spiro atoms. The van der Waals surface area contributed by atoms with Gasteiger partial charge in [0.05, 0.1) is 45.6 Å². The van der Waals surface area contributed by atoms with Gasteiger partial charge in [0.25, 0.3) is 0 Å². The topological polar surface area (TPSA) is 137 Å². The van der Waals surface area contributed by atoms with Crippen molar-refractivity contribution in [1.82, 2.24) is 9.97 Å². The number of aromatic amines is 2. The number of aromatic hydroxyl groups is 4. The van der Waals surface area contributed by atoms with Crippen LogP contribution in [0.15, 0.2) is 226 Å². The third kappa shape index (κ3) is 8.27. The van der Waals surface area contributed by atoms with Crippen LogP contribution in [0, 0.1) is 13.8 Å². The highest BCUT2D eigenvalue weighted by molar-refractivity contribution is 6.25. The van der Waals surface area contributed by atoms with Crippen molar-refractivity contribution in [2.45, 2.75) is 81.1 Å². The van der Waals surface area contributed by atoms with Gasteiger partial charge in [-0.3, -0.25) is 0 Å². The number of allylic oxidation sites excluding steroid dienone is 4. The van der Waals surface area contributed by atoms with Gasteiger partial charge < -0.3 is 30.4 Å². The van der Waals surface area contributed by atoms with Gasteiger partial charge in [0.1, 0.15) is 23.0 Å². The van der Waals surface area contributed by atoms with Crippen molar-refractivity contribution >= 4 is 65.7 Å². The predicted octanol–water partition coefficient (Wildman–Crippen LogP) is 20.5. The molecule has 0 saturated heterocycles. The van der Waals surface area contributed by atoms with Gasteiger partial charge in [-0.2, -0.15) is 0 Å². The van der Waals surface area contributed by atoms with E-state index < -0.39 is 0 Å². The second-order valence-corrected chi connectivity index (χ2v) is 24.2. The van der Waals surface area contributed by atoms with Gasteiger partial charge in [0.15, 0.2) is 0 Å². The Morgan fingerprint density at radius 3 is 0.933 bits per heavy atom. The van der Waals surface area contributed by atoms with Crippen molar-refractivity contribution < 1.29 is 20.4 Å². The molecule has 6 N–H and O–H groups in total. The molecule has 3 aliphatic heterocycles. The number of benzene rings is 10. The molecule has 440 valence electrons. The molecule has 0 amide bonds. The first-order valence-electron chi connectivity index (χ1n) is 31.5. The molecule has 0 aliphatic carbocycles. The summed E-state index contributed by atoms with van der Waals surface area (Å²) < 4.78 is 0. The molecule has 0 fully saturated rings. The van der Waals surface area contributed by atoms with E-state index in [9.17, 15) is 20.4 Å². The van der Waals surface area contributed by atoms with Gasteiger partial charge in [-0.05, 0) is 176 Å². The Kier molecular flexibility index (Phi) is 13.4. The maximum atomic E-state index is 13.6. The van der Waals surface area contributed by atoms with Crippen molar-refractivity contribution in [3.63, 3.8) is 0 Å².